The van der Waals surface area contributed by atoms with Gasteiger partial charge in [0.1, 0.15) is 5.75 Å². The third-order valence-electron chi connectivity index (χ3n) is 5.92. The number of anilines is 1. The Morgan fingerprint density at radius 3 is 2.39 bits per heavy atom. The zero-order valence-corrected chi connectivity index (χ0v) is 17.9. The Balaban J connectivity index is 1.52. The highest BCUT2D eigenvalue weighted by molar-refractivity contribution is 7.90. The van der Waals surface area contributed by atoms with Gasteiger partial charge in [-0.2, -0.15) is 0 Å². The molecule has 1 aromatic rings. The standard InChI is InChI=1S/C21H33N3O3S/c1-17-4-8-19(9-5-17)22-28(26,27)16-21(25)24-13-3-12-23(14-15-24)20-10-6-18(2)7-11-20/h6-7,10-11,17,19,22H,3-5,8-9,12-16H2,1-2H3. The molecule has 28 heavy (non-hydrogen) atoms. The van der Waals surface area contributed by atoms with Crippen LogP contribution in [0.3, 0.4) is 0 Å². The normalized spacial score (nSPS) is 24.1. The Morgan fingerprint density at radius 1 is 1.04 bits per heavy atom. The van der Waals surface area contributed by atoms with Crippen LogP contribution in [-0.4, -0.2) is 57.2 Å². The molecule has 7 heteroatoms. The first kappa shape index (κ1) is 21.1. The zero-order chi connectivity index (χ0) is 20.1. The molecule has 1 heterocycles. The Kier molecular flexibility index (Phi) is 6.99. The number of aryl methyl sites for hydroxylation is 1. The van der Waals surface area contributed by atoms with Crippen LogP contribution in [0, 0.1) is 12.8 Å². The number of nitrogens with one attached hydrogen (secondary N) is 1. The number of amides is 1. The fourth-order valence-electron chi connectivity index (χ4n) is 4.11. The van der Waals surface area contributed by atoms with Crippen molar-refractivity contribution < 1.29 is 13.2 Å². The highest BCUT2D eigenvalue weighted by Crippen LogP contribution is 2.24. The molecule has 3 rings (SSSR count). The predicted molar refractivity (Wildman–Crippen MR) is 113 cm³/mol. The summed E-state index contributed by atoms with van der Waals surface area (Å²) in [6, 6.07) is 8.37. The van der Waals surface area contributed by atoms with E-state index in [4.69, 9.17) is 0 Å². The van der Waals surface area contributed by atoms with Gasteiger partial charge in [-0.1, -0.05) is 24.6 Å². The van der Waals surface area contributed by atoms with E-state index in [9.17, 15) is 13.2 Å². The average molecular weight is 408 g/mol. The molecule has 1 aliphatic heterocycles. The molecule has 2 aliphatic rings. The monoisotopic (exact) mass is 407 g/mol. The number of nitrogens with zero attached hydrogens (tertiary/aromatic N) is 2. The first-order valence-corrected chi connectivity index (χ1v) is 12.1. The minimum Gasteiger partial charge on any atom is -0.370 e. The summed E-state index contributed by atoms with van der Waals surface area (Å²) < 4.78 is 27.7. The van der Waals surface area contributed by atoms with Crippen molar-refractivity contribution in [2.75, 3.05) is 36.8 Å². The molecule has 1 aromatic carbocycles. The van der Waals surface area contributed by atoms with E-state index in [1.54, 1.807) is 4.90 Å². The topological polar surface area (TPSA) is 69.7 Å². The molecule has 1 saturated heterocycles. The van der Waals surface area contributed by atoms with Crippen molar-refractivity contribution in [1.29, 1.82) is 0 Å². The van der Waals surface area contributed by atoms with Crippen molar-refractivity contribution >= 4 is 21.6 Å². The van der Waals surface area contributed by atoms with E-state index in [2.05, 4.69) is 47.7 Å². The summed E-state index contributed by atoms with van der Waals surface area (Å²) in [4.78, 5) is 16.6. The summed E-state index contributed by atoms with van der Waals surface area (Å²) in [7, 11) is -3.58. The second kappa shape index (κ2) is 9.27. The second-order valence-electron chi connectivity index (χ2n) is 8.39. The molecule has 0 atom stereocenters. The molecule has 0 spiro atoms. The molecule has 1 aliphatic carbocycles. The van der Waals surface area contributed by atoms with E-state index in [-0.39, 0.29) is 11.9 Å². The fraction of sp³-hybridized carbons (Fsp3) is 0.667. The average Bonchev–Trinajstić information content (AvgIpc) is 2.90. The van der Waals surface area contributed by atoms with E-state index >= 15 is 0 Å². The molecule has 156 valence electrons. The second-order valence-corrected chi connectivity index (χ2v) is 10.1. The van der Waals surface area contributed by atoms with E-state index in [0.29, 0.717) is 19.0 Å². The maximum atomic E-state index is 12.6. The van der Waals surface area contributed by atoms with E-state index in [1.807, 2.05) is 0 Å². The van der Waals surface area contributed by atoms with E-state index in [0.717, 1.165) is 50.9 Å². The van der Waals surface area contributed by atoms with Crippen LogP contribution >= 0.6 is 0 Å². The molecule has 0 unspecified atom stereocenters. The van der Waals surface area contributed by atoms with Gasteiger partial charge >= 0.3 is 0 Å². The molecular weight excluding hydrogens is 374 g/mol. The molecule has 1 amide bonds. The molecule has 0 bridgehead atoms. The van der Waals surface area contributed by atoms with Crippen LogP contribution in [0.4, 0.5) is 5.69 Å². The summed E-state index contributed by atoms with van der Waals surface area (Å²) in [5.41, 5.74) is 2.38. The maximum absolute atomic E-state index is 12.6. The molecule has 1 N–H and O–H groups in total. The van der Waals surface area contributed by atoms with Crippen molar-refractivity contribution in [3.8, 4) is 0 Å². The fourth-order valence-corrected chi connectivity index (χ4v) is 5.44. The highest BCUT2D eigenvalue weighted by Gasteiger charge is 2.27. The minimum absolute atomic E-state index is 0.0184. The Bertz CT molecular complexity index is 756. The molecular formula is C21H33N3O3S. The molecule has 1 saturated carbocycles. The van der Waals surface area contributed by atoms with Crippen LogP contribution < -0.4 is 9.62 Å². The zero-order valence-electron chi connectivity index (χ0n) is 17.1. The van der Waals surface area contributed by atoms with Gasteiger partial charge in [-0.25, -0.2) is 13.1 Å². The number of hydrogen-bond donors (Lipinski definition) is 1. The lowest BCUT2D eigenvalue weighted by Gasteiger charge is -2.27. The van der Waals surface area contributed by atoms with Crippen molar-refractivity contribution in [1.82, 2.24) is 9.62 Å². The largest absolute Gasteiger partial charge is 0.370 e. The third kappa shape index (κ3) is 5.95. The maximum Gasteiger partial charge on any atom is 0.239 e. The predicted octanol–water partition coefficient (Wildman–Crippen LogP) is 2.53. The number of carbonyl (C=O) groups is 1. The summed E-state index contributed by atoms with van der Waals surface area (Å²) in [5.74, 6) is -0.0674. The van der Waals surface area contributed by atoms with Crippen LogP contribution in [0.15, 0.2) is 24.3 Å². The number of hydrogen-bond acceptors (Lipinski definition) is 4. The van der Waals surface area contributed by atoms with Crippen LogP contribution in [0.2, 0.25) is 0 Å². The Morgan fingerprint density at radius 2 is 1.71 bits per heavy atom. The number of carbonyl (C=O) groups excluding carboxylic acids is 1. The van der Waals surface area contributed by atoms with E-state index < -0.39 is 15.8 Å². The quantitative estimate of drug-likeness (QED) is 0.814. The smallest absolute Gasteiger partial charge is 0.239 e. The van der Waals surface area contributed by atoms with Crippen molar-refractivity contribution in [2.24, 2.45) is 5.92 Å². The lowest BCUT2D eigenvalue weighted by atomic mass is 9.88. The first-order chi connectivity index (χ1) is 13.3. The first-order valence-electron chi connectivity index (χ1n) is 10.4. The Labute approximate surface area is 169 Å². The lowest BCUT2D eigenvalue weighted by Crippen LogP contribution is -2.44. The van der Waals surface area contributed by atoms with Gasteiger partial charge < -0.3 is 9.80 Å². The summed E-state index contributed by atoms with van der Waals surface area (Å²) in [6.07, 6.45) is 4.66. The number of sulfonamides is 1. The lowest BCUT2D eigenvalue weighted by molar-refractivity contribution is -0.128. The van der Waals surface area contributed by atoms with Gasteiger partial charge in [-0.15, -0.1) is 0 Å². The molecule has 0 radical (unpaired) electrons. The SMILES string of the molecule is Cc1ccc(N2CCCN(C(=O)CS(=O)(=O)NC3CCC(C)CC3)CC2)cc1. The third-order valence-corrected chi connectivity index (χ3v) is 7.24. The van der Waals surface area contributed by atoms with Gasteiger partial charge in [0.25, 0.3) is 0 Å². The number of benzene rings is 1. The summed E-state index contributed by atoms with van der Waals surface area (Å²) >= 11 is 0. The summed E-state index contributed by atoms with van der Waals surface area (Å²) in [5, 5.41) is 0. The highest BCUT2D eigenvalue weighted by atomic mass is 32.2. The van der Waals surface area contributed by atoms with Gasteiger partial charge in [-0.05, 0) is 57.1 Å². The van der Waals surface area contributed by atoms with Crippen molar-refractivity contribution in [2.45, 2.75) is 52.0 Å². The van der Waals surface area contributed by atoms with E-state index in [1.165, 1.54) is 5.56 Å². The van der Waals surface area contributed by atoms with Crippen LogP contribution in [0.5, 0.6) is 0 Å². The number of rotatable bonds is 5. The van der Waals surface area contributed by atoms with Gasteiger partial charge in [0, 0.05) is 37.9 Å². The van der Waals surface area contributed by atoms with Crippen molar-refractivity contribution in [3.05, 3.63) is 29.8 Å². The molecule has 0 aromatic heterocycles. The van der Waals surface area contributed by atoms with Crippen molar-refractivity contribution in [3.63, 3.8) is 0 Å². The van der Waals surface area contributed by atoms with Gasteiger partial charge in [0.15, 0.2) is 0 Å². The summed E-state index contributed by atoms with van der Waals surface area (Å²) in [6.45, 7) is 7.03. The van der Waals surface area contributed by atoms with Gasteiger partial charge in [0.05, 0.1) is 0 Å². The molecule has 6 nitrogen and oxygen atoms in total. The van der Waals surface area contributed by atoms with Crippen LogP contribution in [0.25, 0.3) is 0 Å². The van der Waals surface area contributed by atoms with Gasteiger partial charge in [0.2, 0.25) is 15.9 Å². The van der Waals surface area contributed by atoms with Crippen LogP contribution in [0.1, 0.15) is 44.6 Å². The van der Waals surface area contributed by atoms with Crippen LogP contribution in [-0.2, 0) is 14.8 Å². The van der Waals surface area contributed by atoms with Gasteiger partial charge in [-0.3, -0.25) is 4.79 Å². The molecule has 2 fully saturated rings. The minimum atomic E-state index is -3.58. The Hall–Kier alpha value is -1.60.